The molecule has 2 heterocycles. The standard InChI is InChI=1S/C25H34N2O5S/c1-5-32-25(30)19-10-12-26(13-11-19)23(18-6-8-20(33-4)9-7-18)22-21(28)16-17(2)27(24(22)29)14-15-31-3/h6-9,16,19,23,28H,5,10-15H2,1-4H3. The first-order valence-corrected chi connectivity index (χ1v) is 12.6. The third-order valence-electron chi connectivity index (χ3n) is 6.26. The van der Waals surface area contributed by atoms with E-state index >= 15 is 0 Å². The topological polar surface area (TPSA) is 81.0 Å². The summed E-state index contributed by atoms with van der Waals surface area (Å²) in [7, 11) is 1.60. The number of carbonyl (C=O) groups excluding carboxylic acids is 1. The molecule has 0 amide bonds. The molecule has 1 fully saturated rings. The van der Waals surface area contributed by atoms with E-state index in [1.165, 1.54) is 0 Å². The Morgan fingerprint density at radius 2 is 1.91 bits per heavy atom. The SMILES string of the molecule is CCOC(=O)C1CCN(C(c2ccc(SC)cc2)c2c(O)cc(C)n(CCOC)c2=O)CC1. The van der Waals surface area contributed by atoms with Gasteiger partial charge in [-0.05, 0) is 69.8 Å². The number of esters is 1. The van der Waals surface area contributed by atoms with Crippen LogP contribution in [0.3, 0.4) is 0 Å². The van der Waals surface area contributed by atoms with Gasteiger partial charge in [-0.2, -0.15) is 0 Å². The van der Waals surface area contributed by atoms with Crippen molar-refractivity contribution in [2.75, 3.05) is 39.7 Å². The van der Waals surface area contributed by atoms with Crippen LogP contribution in [0.2, 0.25) is 0 Å². The van der Waals surface area contributed by atoms with Crippen molar-refractivity contribution in [3.05, 3.63) is 57.5 Å². The van der Waals surface area contributed by atoms with Crippen molar-refractivity contribution in [2.24, 2.45) is 5.92 Å². The molecule has 0 saturated carbocycles. The normalized spacial score (nSPS) is 16.0. The quantitative estimate of drug-likeness (QED) is 0.439. The molecule has 7 nitrogen and oxygen atoms in total. The van der Waals surface area contributed by atoms with Gasteiger partial charge in [-0.25, -0.2) is 0 Å². The van der Waals surface area contributed by atoms with Crippen LogP contribution in [0.15, 0.2) is 40.0 Å². The molecule has 1 aliphatic heterocycles. The van der Waals surface area contributed by atoms with Crippen LogP contribution in [0.5, 0.6) is 5.75 Å². The molecule has 1 N–H and O–H groups in total. The zero-order chi connectivity index (χ0) is 24.0. The molecule has 1 aliphatic rings. The van der Waals surface area contributed by atoms with Crippen LogP contribution >= 0.6 is 11.8 Å². The molecule has 0 spiro atoms. The molecule has 180 valence electrons. The number of piperidine rings is 1. The number of carbonyl (C=O) groups is 1. The Labute approximate surface area is 199 Å². The minimum atomic E-state index is -0.411. The highest BCUT2D eigenvalue weighted by Crippen LogP contribution is 2.36. The fraction of sp³-hybridized carbons (Fsp3) is 0.520. The van der Waals surface area contributed by atoms with Crippen LogP contribution in [0, 0.1) is 12.8 Å². The predicted molar refractivity (Wildman–Crippen MR) is 130 cm³/mol. The van der Waals surface area contributed by atoms with Gasteiger partial charge in [0.1, 0.15) is 5.75 Å². The molecule has 2 aromatic rings. The summed E-state index contributed by atoms with van der Waals surface area (Å²) in [5, 5.41) is 10.9. The molecule has 0 aliphatic carbocycles. The third kappa shape index (κ3) is 5.80. The number of aryl methyl sites for hydroxylation is 1. The molecule has 33 heavy (non-hydrogen) atoms. The highest BCUT2D eigenvalue weighted by atomic mass is 32.2. The number of nitrogens with zero attached hydrogens (tertiary/aromatic N) is 2. The number of thioether (sulfide) groups is 1. The van der Waals surface area contributed by atoms with Gasteiger partial charge >= 0.3 is 5.97 Å². The van der Waals surface area contributed by atoms with Crippen LogP contribution in [0.25, 0.3) is 0 Å². The molecule has 0 radical (unpaired) electrons. The smallest absolute Gasteiger partial charge is 0.309 e. The molecule has 1 aromatic heterocycles. The fourth-order valence-electron chi connectivity index (χ4n) is 4.49. The molecule has 1 saturated heterocycles. The Balaban J connectivity index is 2.02. The highest BCUT2D eigenvalue weighted by Gasteiger charge is 2.34. The minimum Gasteiger partial charge on any atom is -0.507 e. The molecular formula is C25H34N2O5S. The minimum absolute atomic E-state index is 0.00220. The molecule has 0 bridgehead atoms. The average Bonchev–Trinajstić information content (AvgIpc) is 2.82. The molecule has 3 rings (SSSR count). The first-order chi connectivity index (χ1) is 15.9. The van der Waals surface area contributed by atoms with Gasteiger partial charge in [0.15, 0.2) is 0 Å². The number of likely N-dealkylation sites (tertiary alicyclic amines) is 1. The molecule has 1 unspecified atom stereocenters. The van der Waals surface area contributed by atoms with E-state index in [2.05, 4.69) is 4.90 Å². The lowest BCUT2D eigenvalue weighted by Crippen LogP contribution is -2.42. The van der Waals surface area contributed by atoms with E-state index in [0.717, 1.165) is 10.5 Å². The number of hydrogen-bond donors (Lipinski definition) is 1. The second-order valence-corrected chi connectivity index (χ2v) is 9.15. The summed E-state index contributed by atoms with van der Waals surface area (Å²) < 4.78 is 12.1. The number of aromatic nitrogens is 1. The maximum absolute atomic E-state index is 13.6. The Morgan fingerprint density at radius 3 is 2.48 bits per heavy atom. The van der Waals surface area contributed by atoms with Gasteiger partial charge in [-0.3, -0.25) is 14.5 Å². The zero-order valence-corrected chi connectivity index (χ0v) is 20.7. The number of ether oxygens (including phenoxy) is 2. The van der Waals surface area contributed by atoms with E-state index < -0.39 is 6.04 Å². The monoisotopic (exact) mass is 474 g/mol. The van der Waals surface area contributed by atoms with Gasteiger partial charge in [0.2, 0.25) is 0 Å². The summed E-state index contributed by atoms with van der Waals surface area (Å²) in [5.74, 6) is -0.290. The second kappa shape index (κ2) is 11.7. The van der Waals surface area contributed by atoms with E-state index in [0.29, 0.717) is 56.9 Å². The number of pyridine rings is 1. The van der Waals surface area contributed by atoms with Crippen molar-refractivity contribution >= 4 is 17.7 Å². The second-order valence-electron chi connectivity index (χ2n) is 8.27. The van der Waals surface area contributed by atoms with Gasteiger partial charge in [0.25, 0.3) is 5.56 Å². The van der Waals surface area contributed by atoms with E-state index in [-0.39, 0.29) is 23.2 Å². The van der Waals surface area contributed by atoms with Gasteiger partial charge in [-0.15, -0.1) is 11.8 Å². The van der Waals surface area contributed by atoms with Gasteiger partial charge < -0.3 is 19.1 Å². The average molecular weight is 475 g/mol. The van der Waals surface area contributed by atoms with Crippen molar-refractivity contribution in [1.82, 2.24) is 9.47 Å². The summed E-state index contributed by atoms with van der Waals surface area (Å²) in [6, 6.07) is 9.35. The van der Waals surface area contributed by atoms with Crippen LogP contribution in [-0.4, -0.2) is 60.2 Å². The third-order valence-corrected chi connectivity index (χ3v) is 7.01. The highest BCUT2D eigenvalue weighted by molar-refractivity contribution is 7.98. The summed E-state index contributed by atoms with van der Waals surface area (Å²) in [4.78, 5) is 29.1. The number of methoxy groups -OCH3 is 1. The van der Waals surface area contributed by atoms with E-state index in [4.69, 9.17) is 9.47 Å². The largest absolute Gasteiger partial charge is 0.507 e. The van der Waals surface area contributed by atoms with E-state index in [1.54, 1.807) is 29.5 Å². The first kappa shape index (κ1) is 25.3. The maximum atomic E-state index is 13.6. The predicted octanol–water partition coefficient (Wildman–Crippen LogP) is 3.60. The van der Waals surface area contributed by atoms with Crippen molar-refractivity contribution in [3.63, 3.8) is 0 Å². The summed E-state index contributed by atoms with van der Waals surface area (Å²) in [6.07, 6.45) is 3.33. The number of aromatic hydroxyl groups is 1. The molecular weight excluding hydrogens is 440 g/mol. The summed E-state index contributed by atoms with van der Waals surface area (Å²) in [5.41, 5.74) is 1.78. The lowest BCUT2D eigenvalue weighted by Gasteiger charge is -2.37. The van der Waals surface area contributed by atoms with Crippen molar-refractivity contribution in [3.8, 4) is 5.75 Å². The van der Waals surface area contributed by atoms with Crippen LogP contribution < -0.4 is 5.56 Å². The lowest BCUT2D eigenvalue weighted by molar-refractivity contribution is -0.149. The van der Waals surface area contributed by atoms with Crippen molar-refractivity contribution in [2.45, 2.75) is 44.2 Å². The van der Waals surface area contributed by atoms with Crippen molar-refractivity contribution < 1.29 is 19.4 Å². The first-order valence-electron chi connectivity index (χ1n) is 11.4. The number of hydrogen-bond acceptors (Lipinski definition) is 7. The van der Waals surface area contributed by atoms with Crippen LogP contribution in [0.1, 0.15) is 42.6 Å². The number of benzene rings is 1. The maximum Gasteiger partial charge on any atom is 0.309 e. The summed E-state index contributed by atoms with van der Waals surface area (Å²) in [6.45, 7) is 6.08. The number of rotatable bonds is 9. The Bertz CT molecular complexity index is 997. The fourth-order valence-corrected chi connectivity index (χ4v) is 4.89. The Hall–Kier alpha value is -2.29. The van der Waals surface area contributed by atoms with Crippen molar-refractivity contribution in [1.29, 1.82) is 0 Å². The lowest BCUT2D eigenvalue weighted by atomic mass is 9.91. The summed E-state index contributed by atoms with van der Waals surface area (Å²) >= 11 is 1.65. The van der Waals surface area contributed by atoms with Crippen LogP contribution in [-0.2, 0) is 20.8 Å². The van der Waals surface area contributed by atoms with E-state index in [9.17, 15) is 14.7 Å². The van der Waals surface area contributed by atoms with Gasteiger partial charge in [-0.1, -0.05) is 12.1 Å². The van der Waals surface area contributed by atoms with Gasteiger partial charge in [0, 0.05) is 24.2 Å². The van der Waals surface area contributed by atoms with Crippen LogP contribution in [0.4, 0.5) is 0 Å². The molecule has 1 atom stereocenters. The van der Waals surface area contributed by atoms with Gasteiger partial charge in [0.05, 0.1) is 30.7 Å². The molecule has 8 heteroatoms. The molecule has 1 aromatic carbocycles. The Kier molecular flexibility index (Phi) is 9.00. The Morgan fingerprint density at radius 1 is 1.24 bits per heavy atom. The van der Waals surface area contributed by atoms with E-state index in [1.807, 2.05) is 44.4 Å². The zero-order valence-electron chi connectivity index (χ0n) is 19.9.